The molecule has 0 aliphatic heterocycles. The largest absolute Gasteiger partial charge is 0.477 e. The lowest BCUT2D eigenvalue weighted by molar-refractivity contribution is 0.0687. The fraction of sp³-hybridized carbons (Fsp3) is 0.250. The van der Waals surface area contributed by atoms with Crippen molar-refractivity contribution >= 4 is 28.5 Å². The molecule has 16 heavy (non-hydrogen) atoms. The number of halogens is 1. The van der Waals surface area contributed by atoms with Crippen LogP contribution in [0.4, 0.5) is 0 Å². The number of hydrogen-bond acceptors (Lipinski definition) is 1. The predicted octanol–water partition coefficient (Wildman–Crippen LogP) is 3.47. The zero-order valence-corrected chi connectivity index (χ0v) is 9.17. The highest BCUT2D eigenvalue weighted by Gasteiger charge is 2.13. The fourth-order valence-corrected chi connectivity index (χ4v) is 2.05. The summed E-state index contributed by atoms with van der Waals surface area (Å²) in [7, 11) is 1.72. The maximum atomic E-state index is 10.9. The molecule has 2 rings (SSSR count). The van der Waals surface area contributed by atoms with Gasteiger partial charge >= 0.3 is 5.97 Å². The van der Waals surface area contributed by atoms with E-state index in [1.807, 2.05) is 19.1 Å². The van der Waals surface area contributed by atoms with E-state index in [9.17, 15) is 4.79 Å². The third kappa shape index (κ3) is 1.78. The molecule has 3 nitrogen and oxygen atoms in total. The van der Waals surface area contributed by atoms with Gasteiger partial charge in [-0.3, -0.25) is 0 Å². The van der Waals surface area contributed by atoms with Crippen LogP contribution in [0, 0.1) is 6.92 Å². The molecule has 0 bridgehead atoms. The SMILES string of the molecule is C.Cc1cc(Cl)c2cc(C(=O)O)n(C)c2c1. The Balaban J connectivity index is 0.00000128. The van der Waals surface area contributed by atoms with E-state index < -0.39 is 5.97 Å². The first-order chi connectivity index (χ1) is 7.00. The van der Waals surface area contributed by atoms with Crippen LogP contribution in [0.25, 0.3) is 10.9 Å². The van der Waals surface area contributed by atoms with Crippen molar-refractivity contribution in [2.24, 2.45) is 7.05 Å². The van der Waals surface area contributed by atoms with Gasteiger partial charge in [-0.05, 0) is 30.7 Å². The maximum Gasteiger partial charge on any atom is 0.352 e. The van der Waals surface area contributed by atoms with Crippen molar-refractivity contribution in [3.63, 3.8) is 0 Å². The van der Waals surface area contributed by atoms with Crippen LogP contribution in [0.3, 0.4) is 0 Å². The molecule has 0 aliphatic rings. The lowest BCUT2D eigenvalue weighted by atomic mass is 10.2. The van der Waals surface area contributed by atoms with Crippen LogP contribution in [0.2, 0.25) is 5.02 Å². The second-order valence-corrected chi connectivity index (χ2v) is 3.98. The molecular formula is C12H14ClNO2. The smallest absolute Gasteiger partial charge is 0.352 e. The second-order valence-electron chi connectivity index (χ2n) is 3.57. The molecule has 0 atom stereocenters. The molecule has 2 aromatic rings. The van der Waals surface area contributed by atoms with E-state index in [1.165, 1.54) is 0 Å². The van der Waals surface area contributed by atoms with Gasteiger partial charge in [0.25, 0.3) is 0 Å². The number of nitrogens with zero attached hydrogens (tertiary/aromatic N) is 1. The van der Waals surface area contributed by atoms with E-state index in [0.717, 1.165) is 16.5 Å². The highest BCUT2D eigenvalue weighted by Crippen LogP contribution is 2.27. The van der Waals surface area contributed by atoms with Crippen molar-refractivity contribution in [3.8, 4) is 0 Å². The number of fused-ring (bicyclic) bond motifs is 1. The molecule has 0 amide bonds. The molecular weight excluding hydrogens is 226 g/mol. The Morgan fingerprint density at radius 1 is 1.38 bits per heavy atom. The van der Waals surface area contributed by atoms with Gasteiger partial charge in [-0.15, -0.1) is 0 Å². The van der Waals surface area contributed by atoms with Crippen molar-refractivity contribution in [1.82, 2.24) is 4.57 Å². The summed E-state index contributed by atoms with van der Waals surface area (Å²) in [6, 6.07) is 5.35. The standard InChI is InChI=1S/C11H10ClNO2.CH4/c1-6-3-8(12)7-5-10(11(14)15)13(2)9(7)4-6;/h3-5H,1-2H3,(H,14,15);1H4. The molecule has 0 unspecified atom stereocenters. The molecule has 1 aromatic carbocycles. The Labute approximate surface area is 99.3 Å². The van der Waals surface area contributed by atoms with Crippen molar-refractivity contribution in [2.45, 2.75) is 14.4 Å². The van der Waals surface area contributed by atoms with Crippen LogP contribution in [0.5, 0.6) is 0 Å². The average molecular weight is 240 g/mol. The monoisotopic (exact) mass is 239 g/mol. The molecule has 0 spiro atoms. The predicted molar refractivity (Wildman–Crippen MR) is 66.4 cm³/mol. The first-order valence-corrected chi connectivity index (χ1v) is 4.87. The lowest BCUT2D eigenvalue weighted by Gasteiger charge is -2.01. The Hall–Kier alpha value is -1.48. The minimum atomic E-state index is -0.942. The zero-order valence-electron chi connectivity index (χ0n) is 8.41. The average Bonchev–Trinajstić information content (AvgIpc) is 2.44. The molecule has 0 radical (unpaired) electrons. The number of hydrogen-bond donors (Lipinski definition) is 1. The molecule has 4 heteroatoms. The summed E-state index contributed by atoms with van der Waals surface area (Å²) in [6.07, 6.45) is 0. The molecule has 1 aromatic heterocycles. The zero-order chi connectivity index (χ0) is 11.2. The maximum absolute atomic E-state index is 10.9. The van der Waals surface area contributed by atoms with Crippen molar-refractivity contribution in [2.75, 3.05) is 0 Å². The Kier molecular flexibility index (Phi) is 3.29. The highest BCUT2D eigenvalue weighted by molar-refractivity contribution is 6.35. The van der Waals surface area contributed by atoms with E-state index in [1.54, 1.807) is 17.7 Å². The van der Waals surface area contributed by atoms with Gasteiger partial charge < -0.3 is 9.67 Å². The Morgan fingerprint density at radius 2 is 2.00 bits per heavy atom. The van der Waals surface area contributed by atoms with Gasteiger partial charge in [-0.2, -0.15) is 0 Å². The molecule has 0 aliphatic carbocycles. The second kappa shape index (κ2) is 4.18. The van der Waals surface area contributed by atoms with Gasteiger partial charge in [0.05, 0.1) is 10.5 Å². The number of carbonyl (C=O) groups is 1. The molecule has 0 saturated heterocycles. The number of rotatable bonds is 1. The first kappa shape index (κ1) is 12.6. The van der Waals surface area contributed by atoms with E-state index in [4.69, 9.17) is 16.7 Å². The van der Waals surface area contributed by atoms with Gasteiger partial charge in [-0.1, -0.05) is 19.0 Å². The van der Waals surface area contributed by atoms with E-state index in [2.05, 4.69) is 0 Å². The molecule has 0 fully saturated rings. The molecule has 86 valence electrons. The Morgan fingerprint density at radius 3 is 2.56 bits per heavy atom. The minimum Gasteiger partial charge on any atom is -0.477 e. The van der Waals surface area contributed by atoms with E-state index in [-0.39, 0.29) is 13.1 Å². The van der Waals surface area contributed by atoms with Crippen molar-refractivity contribution in [1.29, 1.82) is 0 Å². The number of aromatic carboxylic acids is 1. The summed E-state index contributed by atoms with van der Waals surface area (Å²) in [4.78, 5) is 10.9. The van der Waals surface area contributed by atoms with Gasteiger partial charge in [-0.25, -0.2) is 4.79 Å². The van der Waals surface area contributed by atoms with Crippen molar-refractivity contribution < 1.29 is 9.90 Å². The molecule has 0 saturated carbocycles. The van der Waals surface area contributed by atoms with Gasteiger partial charge in [0, 0.05) is 12.4 Å². The highest BCUT2D eigenvalue weighted by atomic mass is 35.5. The number of carboxylic acid groups (broad SMARTS) is 1. The summed E-state index contributed by atoms with van der Waals surface area (Å²) in [6.45, 7) is 1.93. The van der Waals surface area contributed by atoms with Crippen LogP contribution in [0.1, 0.15) is 23.5 Å². The first-order valence-electron chi connectivity index (χ1n) is 4.49. The quantitative estimate of drug-likeness (QED) is 0.828. The number of carboxylic acids is 1. The third-order valence-corrected chi connectivity index (χ3v) is 2.79. The minimum absolute atomic E-state index is 0. The number of aryl methyl sites for hydroxylation is 2. The van der Waals surface area contributed by atoms with Gasteiger partial charge in [0.15, 0.2) is 0 Å². The summed E-state index contributed by atoms with van der Waals surface area (Å²) >= 11 is 6.05. The van der Waals surface area contributed by atoms with Crippen LogP contribution in [-0.2, 0) is 7.05 Å². The van der Waals surface area contributed by atoms with E-state index in [0.29, 0.717) is 5.02 Å². The summed E-state index contributed by atoms with van der Waals surface area (Å²) < 4.78 is 1.64. The van der Waals surface area contributed by atoms with Gasteiger partial charge in [0.2, 0.25) is 0 Å². The third-order valence-electron chi connectivity index (χ3n) is 2.47. The number of aromatic nitrogens is 1. The summed E-state index contributed by atoms with van der Waals surface area (Å²) in [5.41, 5.74) is 2.11. The summed E-state index contributed by atoms with van der Waals surface area (Å²) in [5, 5.41) is 10.3. The van der Waals surface area contributed by atoms with Crippen LogP contribution in [-0.4, -0.2) is 15.6 Å². The lowest BCUT2D eigenvalue weighted by Crippen LogP contribution is -2.03. The number of benzene rings is 1. The Bertz CT molecular complexity index is 558. The van der Waals surface area contributed by atoms with Crippen LogP contribution in [0.15, 0.2) is 18.2 Å². The normalized spacial score (nSPS) is 10.2. The van der Waals surface area contributed by atoms with Gasteiger partial charge in [0.1, 0.15) is 5.69 Å². The topological polar surface area (TPSA) is 42.2 Å². The van der Waals surface area contributed by atoms with Crippen LogP contribution >= 0.6 is 11.6 Å². The van der Waals surface area contributed by atoms with Crippen LogP contribution < -0.4 is 0 Å². The van der Waals surface area contributed by atoms with E-state index >= 15 is 0 Å². The van der Waals surface area contributed by atoms with Crippen molar-refractivity contribution in [3.05, 3.63) is 34.5 Å². The fourth-order valence-electron chi connectivity index (χ4n) is 1.72. The molecule has 1 N–H and O–H groups in total. The molecule has 1 heterocycles. The summed E-state index contributed by atoms with van der Waals surface area (Å²) in [5.74, 6) is -0.942.